The quantitative estimate of drug-likeness (QED) is 0.682. The standard InChI is InChI=1S/C15H30N2/c1-14(2,3)8-7-9-16-10-12-17(13-11-16)15(4,5)6/h7-8H,9-13H2,1-6H3/b8-7+. The van der Waals surface area contributed by atoms with Crippen LogP contribution in [0.5, 0.6) is 0 Å². The first-order valence-electron chi connectivity index (χ1n) is 6.84. The lowest BCUT2D eigenvalue weighted by atomic mass is 9.96. The number of hydrogen-bond donors (Lipinski definition) is 0. The van der Waals surface area contributed by atoms with Crippen molar-refractivity contribution in [3.05, 3.63) is 12.2 Å². The van der Waals surface area contributed by atoms with E-state index in [1.54, 1.807) is 0 Å². The molecular formula is C15H30N2. The van der Waals surface area contributed by atoms with Crippen molar-refractivity contribution < 1.29 is 0 Å². The molecular weight excluding hydrogens is 208 g/mol. The molecule has 1 saturated heterocycles. The van der Waals surface area contributed by atoms with Crippen molar-refractivity contribution in [3.8, 4) is 0 Å². The van der Waals surface area contributed by atoms with Crippen LogP contribution in [-0.4, -0.2) is 48.1 Å². The molecule has 1 aliphatic rings. The molecule has 0 aromatic rings. The van der Waals surface area contributed by atoms with Gasteiger partial charge in [0, 0.05) is 38.3 Å². The first-order chi connectivity index (χ1) is 7.68. The highest BCUT2D eigenvalue weighted by atomic mass is 15.3. The van der Waals surface area contributed by atoms with E-state index in [2.05, 4.69) is 63.5 Å². The van der Waals surface area contributed by atoms with Crippen molar-refractivity contribution >= 4 is 0 Å². The molecule has 0 aromatic carbocycles. The summed E-state index contributed by atoms with van der Waals surface area (Å²) in [5, 5.41) is 0. The Morgan fingerprint density at radius 3 is 1.82 bits per heavy atom. The zero-order valence-electron chi connectivity index (χ0n) is 12.6. The van der Waals surface area contributed by atoms with E-state index in [1.165, 1.54) is 26.2 Å². The van der Waals surface area contributed by atoms with Crippen LogP contribution in [0.4, 0.5) is 0 Å². The molecule has 2 heteroatoms. The molecule has 0 N–H and O–H groups in total. The minimum Gasteiger partial charge on any atom is -0.297 e. The van der Waals surface area contributed by atoms with Gasteiger partial charge in [-0.1, -0.05) is 32.9 Å². The maximum Gasteiger partial charge on any atom is 0.0164 e. The lowest BCUT2D eigenvalue weighted by Gasteiger charge is -2.42. The molecule has 0 aromatic heterocycles. The molecule has 0 spiro atoms. The van der Waals surface area contributed by atoms with Crippen LogP contribution < -0.4 is 0 Å². The number of nitrogens with zero attached hydrogens (tertiary/aromatic N) is 2. The molecule has 1 fully saturated rings. The Bertz CT molecular complexity index is 247. The van der Waals surface area contributed by atoms with E-state index in [9.17, 15) is 0 Å². The average molecular weight is 238 g/mol. The second kappa shape index (κ2) is 5.53. The fourth-order valence-electron chi connectivity index (χ4n) is 2.16. The zero-order valence-corrected chi connectivity index (χ0v) is 12.6. The molecule has 0 unspecified atom stereocenters. The zero-order chi connectivity index (χ0) is 13.1. The second-order valence-electron chi connectivity index (χ2n) is 7.23. The molecule has 0 amide bonds. The minimum atomic E-state index is 0.313. The molecule has 1 heterocycles. The first kappa shape index (κ1) is 14.7. The average Bonchev–Trinajstić information content (AvgIpc) is 2.15. The monoisotopic (exact) mass is 238 g/mol. The predicted octanol–water partition coefficient (Wildman–Crippen LogP) is 3.00. The van der Waals surface area contributed by atoms with Gasteiger partial charge in [0.05, 0.1) is 0 Å². The van der Waals surface area contributed by atoms with E-state index in [0.29, 0.717) is 11.0 Å². The van der Waals surface area contributed by atoms with E-state index in [-0.39, 0.29) is 0 Å². The molecule has 100 valence electrons. The fourth-order valence-corrected chi connectivity index (χ4v) is 2.16. The fraction of sp³-hybridized carbons (Fsp3) is 0.867. The summed E-state index contributed by atoms with van der Waals surface area (Å²) in [4.78, 5) is 5.13. The lowest BCUT2D eigenvalue weighted by Crippen LogP contribution is -2.53. The third kappa shape index (κ3) is 5.69. The summed E-state index contributed by atoms with van der Waals surface area (Å²) in [5.41, 5.74) is 0.639. The molecule has 17 heavy (non-hydrogen) atoms. The van der Waals surface area contributed by atoms with Crippen LogP contribution in [0, 0.1) is 5.41 Å². The van der Waals surface area contributed by atoms with Gasteiger partial charge in [0.1, 0.15) is 0 Å². The lowest BCUT2D eigenvalue weighted by molar-refractivity contribution is 0.0674. The van der Waals surface area contributed by atoms with Crippen molar-refractivity contribution in [2.45, 2.75) is 47.1 Å². The van der Waals surface area contributed by atoms with Crippen LogP contribution in [0.1, 0.15) is 41.5 Å². The summed E-state index contributed by atoms with van der Waals surface area (Å²) in [7, 11) is 0. The molecule has 0 saturated carbocycles. The van der Waals surface area contributed by atoms with Gasteiger partial charge in [-0.15, -0.1) is 0 Å². The SMILES string of the molecule is CC(C)(C)/C=C/CN1CCN(C(C)(C)C)CC1. The van der Waals surface area contributed by atoms with Crippen molar-refractivity contribution in [1.82, 2.24) is 9.80 Å². The van der Waals surface area contributed by atoms with Gasteiger partial charge < -0.3 is 0 Å². The molecule has 0 radical (unpaired) electrons. The van der Waals surface area contributed by atoms with Gasteiger partial charge in [0.15, 0.2) is 0 Å². The number of hydrogen-bond acceptors (Lipinski definition) is 2. The van der Waals surface area contributed by atoms with Gasteiger partial charge in [-0.2, -0.15) is 0 Å². The normalized spacial score (nSPS) is 21.3. The van der Waals surface area contributed by atoms with Crippen LogP contribution in [-0.2, 0) is 0 Å². The summed E-state index contributed by atoms with van der Waals surface area (Å²) in [6.45, 7) is 19.6. The Labute approximate surface area is 108 Å². The maximum absolute atomic E-state index is 2.58. The van der Waals surface area contributed by atoms with Crippen molar-refractivity contribution in [2.75, 3.05) is 32.7 Å². The molecule has 0 bridgehead atoms. The molecule has 1 aliphatic heterocycles. The van der Waals surface area contributed by atoms with Crippen LogP contribution in [0.3, 0.4) is 0 Å². The molecule has 1 rings (SSSR count). The topological polar surface area (TPSA) is 6.48 Å². The summed E-state index contributed by atoms with van der Waals surface area (Å²) in [6, 6.07) is 0. The third-order valence-corrected chi connectivity index (χ3v) is 3.30. The number of allylic oxidation sites excluding steroid dienone is 1. The van der Waals surface area contributed by atoms with Crippen molar-refractivity contribution in [3.63, 3.8) is 0 Å². The Hall–Kier alpha value is -0.340. The van der Waals surface area contributed by atoms with E-state index >= 15 is 0 Å². The maximum atomic E-state index is 2.58. The molecule has 0 atom stereocenters. The highest BCUT2D eigenvalue weighted by molar-refractivity contribution is 4.94. The van der Waals surface area contributed by atoms with Gasteiger partial charge in [0.2, 0.25) is 0 Å². The van der Waals surface area contributed by atoms with Crippen LogP contribution in [0.15, 0.2) is 12.2 Å². The smallest absolute Gasteiger partial charge is 0.0164 e. The molecule has 0 aliphatic carbocycles. The third-order valence-electron chi connectivity index (χ3n) is 3.30. The van der Waals surface area contributed by atoms with Gasteiger partial charge in [-0.25, -0.2) is 0 Å². The van der Waals surface area contributed by atoms with E-state index in [4.69, 9.17) is 0 Å². The van der Waals surface area contributed by atoms with Crippen molar-refractivity contribution in [1.29, 1.82) is 0 Å². The van der Waals surface area contributed by atoms with Crippen LogP contribution in [0.25, 0.3) is 0 Å². The van der Waals surface area contributed by atoms with Gasteiger partial charge in [-0.3, -0.25) is 9.80 Å². The second-order valence-corrected chi connectivity index (χ2v) is 7.23. The summed E-state index contributed by atoms with van der Waals surface area (Å²) < 4.78 is 0. The summed E-state index contributed by atoms with van der Waals surface area (Å²) >= 11 is 0. The predicted molar refractivity (Wildman–Crippen MR) is 76.4 cm³/mol. The highest BCUT2D eigenvalue weighted by Gasteiger charge is 2.25. The Balaban J connectivity index is 2.31. The largest absolute Gasteiger partial charge is 0.297 e. The van der Waals surface area contributed by atoms with Crippen molar-refractivity contribution in [2.24, 2.45) is 5.41 Å². The van der Waals surface area contributed by atoms with Gasteiger partial charge >= 0.3 is 0 Å². The van der Waals surface area contributed by atoms with Gasteiger partial charge in [0.25, 0.3) is 0 Å². The highest BCUT2D eigenvalue weighted by Crippen LogP contribution is 2.17. The van der Waals surface area contributed by atoms with E-state index in [1.807, 2.05) is 0 Å². The Morgan fingerprint density at radius 1 is 0.882 bits per heavy atom. The minimum absolute atomic E-state index is 0.313. The number of piperazine rings is 1. The van der Waals surface area contributed by atoms with E-state index < -0.39 is 0 Å². The first-order valence-corrected chi connectivity index (χ1v) is 6.84. The Kier molecular flexibility index (Phi) is 4.79. The van der Waals surface area contributed by atoms with Gasteiger partial charge in [-0.05, 0) is 26.2 Å². The molecule has 2 nitrogen and oxygen atoms in total. The van der Waals surface area contributed by atoms with Crippen LogP contribution in [0.2, 0.25) is 0 Å². The number of rotatable bonds is 2. The van der Waals surface area contributed by atoms with E-state index in [0.717, 1.165) is 6.54 Å². The van der Waals surface area contributed by atoms with Crippen LogP contribution >= 0.6 is 0 Å². The Morgan fingerprint density at radius 2 is 1.41 bits per heavy atom. The summed E-state index contributed by atoms with van der Waals surface area (Å²) in [6.07, 6.45) is 4.65. The summed E-state index contributed by atoms with van der Waals surface area (Å²) in [5.74, 6) is 0.